The minimum atomic E-state index is -0.0973. The molecule has 116 valence electrons. The maximum atomic E-state index is 12.7. The van der Waals surface area contributed by atoms with Gasteiger partial charge in [-0.3, -0.25) is 4.79 Å². The lowest BCUT2D eigenvalue weighted by atomic mass is 10.1. The molecule has 0 N–H and O–H groups in total. The number of carbonyl (C=O) groups excluding carboxylic acids is 1. The Balaban J connectivity index is 1.82. The van der Waals surface area contributed by atoms with Gasteiger partial charge in [-0.15, -0.1) is 0 Å². The average molecular weight is 318 g/mol. The van der Waals surface area contributed by atoms with E-state index in [0.29, 0.717) is 10.7 Å². The normalized spacial score (nSPS) is 15.2. The highest BCUT2D eigenvalue weighted by Crippen LogP contribution is 2.27. The van der Waals surface area contributed by atoms with Crippen molar-refractivity contribution in [3.05, 3.63) is 52.6 Å². The van der Waals surface area contributed by atoms with Gasteiger partial charge in [0.15, 0.2) is 0 Å². The molecule has 1 amide bonds. The fourth-order valence-electron chi connectivity index (χ4n) is 2.89. The van der Waals surface area contributed by atoms with Crippen LogP contribution >= 0.6 is 11.6 Å². The van der Waals surface area contributed by atoms with Crippen molar-refractivity contribution in [2.75, 3.05) is 7.05 Å². The Kier molecular flexibility index (Phi) is 4.21. The van der Waals surface area contributed by atoms with Gasteiger partial charge in [0.05, 0.1) is 6.04 Å². The molecular weight excluding hydrogens is 298 g/mol. The van der Waals surface area contributed by atoms with Crippen LogP contribution in [0.5, 0.6) is 0 Å². The van der Waals surface area contributed by atoms with E-state index < -0.39 is 0 Å². The molecule has 1 aliphatic rings. The van der Waals surface area contributed by atoms with Crippen LogP contribution in [0.3, 0.4) is 0 Å². The van der Waals surface area contributed by atoms with Crippen LogP contribution < -0.4 is 0 Å². The van der Waals surface area contributed by atoms with Gasteiger partial charge in [0.1, 0.15) is 11.5 Å². The first-order valence-electron chi connectivity index (χ1n) is 7.65. The van der Waals surface area contributed by atoms with Crippen molar-refractivity contribution < 1.29 is 4.79 Å². The number of aryl methyl sites for hydroxylation is 2. The molecule has 0 spiro atoms. The third-order valence-electron chi connectivity index (χ3n) is 4.38. The van der Waals surface area contributed by atoms with Gasteiger partial charge < -0.3 is 9.47 Å². The van der Waals surface area contributed by atoms with Gasteiger partial charge in [-0.25, -0.2) is 4.98 Å². The topological polar surface area (TPSA) is 38.1 Å². The minimum absolute atomic E-state index is 0.0608. The van der Waals surface area contributed by atoms with Crippen molar-refractivity contribution in [1.82, 2.24) is 14.5 Å². The Hall–Kier alpha value is -1.81. The monoisotopic (exact) mass is 317 g/mol. The lowest BCUT2D eigenvalue weighted by Crippen LogP contribution is -2.30. The van der Waals surface area contributed by atoms with Crippen molar-refractivity contribution >= 4 is 17.5 Å². The molecule has 0 unspecified atom stereocenters. The van der Waals surface area contributed by atoms with E-state index in [1.807, 2.05) is 37.4 Å². The second-order valence-electron chi connectivity index (χ2n) is 5.81. The Labute approximate surface area is 135 Å². The van der Waals surface area contributed by atoms with Crippen LogP contribution in [0.2, 0.25) is 5.02 Å². The van der Waals surface area contributed by atoms with Gasteiger partial charge >= 0.3 is 0 Å². The number of halogens is 1. The molecule has 1 aliphatic heterocycles. The zero-order chi connectivity index (χ0) is 15.7. The molecule has 0 fully saturated rings. The van der Waals surface area contributed by atoms with Gasteiger partial charge in [-0.05, 0) is 31.4 Å². The van der Waals surface area contributed by atoms with E-state index in [0.717, 1.165) is 37.2 Å². The van der Waals surface area contributed by atoms with Crippen LogP contribution in [0.1, 0.15) is 47.7 Å². The largest absolute Gasteiger partial charge is 0.334 e. The fourth-order valence-corrected chi connectivity index (χ4v) is 3.19. The fraction of sp³-hybridized carbons (Fsp3) is 0.412. The van der Waals surface area contributed by atoms with E-state index in [9.17, 15) is 4.79 Å². The molecule has 4 nitrogen and oxygen atoms in total. The first-order valence-corrected chi connectivity index (χ1v) is 8.03. The summed E-state index contributed by atoms with van der Waals surface area (Å²) in [5.74, 6) is 0.961. The number of nitrogens with zero attached hydrogens (tertiary/aromatic N) is 3. The summed E-state index contributed by atoms with van der Waals surface area (Å²) in [5, 5.41) is 0.679. The molecule has 0 bridgehead atoms. The molecule has 1 atom stereocenters. The van der Waals surface area contributed by atoms with Crippen LogP contribution in [0.25, 0.3) is 0 Å². The van der Waals surface area contributed by atoms with Crippen LogP contribution in [-0.4, -0.2) is 27.4 Å². The molecule has 0 saturated heterocycles. The zero-order valence-electron chi connectivity index (χ0n) is 12.9. The van der Waals surface area contributed by atoms with Crippen molar-refractivity contribution in [3.63, 3.8) is 0 Å². The number of fused-ring (bicyclic) bond motifs is 1. The second-order valence-corrected chi connectivity index (χ2v) is 6.21. The Morgan fingerprint density at radius 1 is 1.36 bits per heavy atom. The number of hydrogen-bond acceptors (Lipinski definition) is 2. The van der Waals surface area contributed by atoms with E-state index in [-0.39, 0.29) is 11.9 Å². The number of rotatable bonds is 3. The van der Waals surface area contributed by atoms with Gasteiger partial charge in [0, 0.05) is 31.2 Å². The van der Waals surface area contributed by atoms with Crippen LogP contribution in [0.15, 0.2) is 30.5 Å². The smallest absolute Gasteiger partial charge is 0.274 e. The zero-order valence-corrected chi connectivity index (χ0v) is 13.7. The van der Waals surface area contributed by atoms with Gasteiger partial charge in [0.25, 0.3) is 5.91 Å². The summed E-state index contributed by atoms with van der Waals surface area (Å²) in [4.78, 5) is 18.9. The maximum absolute atomic E-state index is 12.7. The molecule has 1 aromatic carbocycles. The minimum Gasteiger partial charge on any atom is -0.334 e. The van der Waals surface area contributed by atoms with E-state index in [4.69, 9.17) is 11.6 Å². The van der Waals surface area contributed by atoms with Gasteiger partial charge in [-0.1, -0.05) is 29.8 Å². The lowest BCUT2D eigenvalue weighted by Gasteiger charge is -2.25. The third kappa shape index (κ3) is 2.75. The van der Waals surface area contributed by atoms with E-state index in [2.05, 4.69) is 9.55 Å². The van der Waals surface area contributed by atoms with E-state index in [1.54, 1.807) is 11.9 Å². The van der Waals surface area contributed by atoms with Gasteiger partial charge in [0.2, 0.25) is 0 Å². The average Bonchev–Trinajstić information content (AvgIpc) is 2.97. The highest BCUT2D eigenvalue weighted by Gasteiger charge is 2.24. The predicted octanol–water partition coefficient (Wildman–Crippen LogP) is 3.71. The van der Waals surface area contributed by atoms with Crippen molar-refractivity contribution in [2.24, 2.45) is 0 Å². The number of amides is 1. The summed E-state index contributed by atoms with van der Waals surface area (Å²) in [6.45, 7) is 2.94. The van der Waals surface area contributed by atoms with Crippen LogP contribution in [0, 0.1) is 0 Å². The molecule has 0 saturated carbocycles. The molecule has 2 aromatic rings. The standard InChI is InChI=1S/C17H20ClN3O/c1-12(13-7-3-4-8-14(13)18)20(2)17(22)15-11-21-10-6-5-9-16(21)19-15/h3-4,7-8,11-12H,5-6,9-10H2,1-2H3/t12-/m0/s1. The Bertz CT molecular complexity index is 671. The number of carbonyl (C=O) groups is 1. The molecular formula is C17H20ClN3O. The quantitative estimate of drug-likeness (QED) is 0.865. The van der Waals surface area contributed by atoms with E-state index in [1.165, 1.54) is 0 Å². The molecule has 2 heterocycles. The van der Waals surface area contributed by atoms with Crippen molar-refractivity contribution in [1.29, 1.82) is 0 Å². The lowest BCUT2D eigenvalue weighted by molar-refractivity contribution is 0.0737. The summed E-state index contributed by atoms with van der Waals surface area (Å²) >= 11 is 6.24. The van der Waals surface area contributed by atoms with Crippen molar-refractivity contribution in [2.45, 2.75) is 38.8 Å². The summed E-state index contributed by atoms with van der Waals surface area (Å²) in [5.41, 5.74) is 1.47. The maximum Gasteiger partial charge on any atom is 0.274 e. The summed E-state index contributed by atoms with van der Waals surface area (Å²) in [6, 6.07) is 7.53. The van der Waals surface area contributed by atoms with Crippen molar-refractivity contribution in [3.8, 4) is 0 Å². The third-order valence-corrected chi connectivity index (χ3v) is 4.73. The van der Waals surface area contributed by atoms with Crippen LogP contribution in [-0.2, 0) is 13.0 Å². The molecule has 0 radical (unpaired) electrons. The highest BCUT2D eigenvalue weighted by molar-refractivity contribution is 6.31. The second kappa shape index (κ2) is 6.13. The van der Waals surface area contributed by atoms with E-state index >= 15 is 0 Å². The van der Waals surface area contributed by atoms with Crippen LogP contribution in [0.4, 0.5) is 0 Å². The molecule has 0 aliphatic carbocycles. The highest BCUT2D eigenvalue weighted by atomic mass is 35.5. The Morgan fingerprint density at radius 3 is 2.86 bits per heavy atom. The van der Waals surface area contributed by atoms with Gasteiger partial charge in [-0.2, -0.15) is 0 Å². The summed E-state index contributed by atoms with van der Waals surface area (Å²) < 4.78 is 2.10. The summed E-state index contributed by atoms with van der Waals surface area (Å²) in [6.07, 6.45) is 5.14. The SMILES string of the molecule is C[C@@H](c1ccccc1Cl)N(C)C(=O)c1cn2c(n1)CCCC2. The molecule has 3 rings (SSSR count). The Morgan fingerprint density at radius 2 is 2.14 bits per heavy atom. The number of benzene rings is 1. The summed E-state index contributed by atoms with van der Waals surface area (Å²) in [7, 11) is 1.80. The first kappa shape index (κ1) is 15.1. The number of imidazole rings is 1. The molecule has 22 heavy (non-hydrogen) atoms. The first-order chi connectivity index (χ1) is 10.6. The number of aromatic nitrogens is 2. The molecule has 1 aromatic heterocycles. The number of hydrogen-bond donors (Lipinski definition) is 0. The molecule has 5 heteroatoms. The predicted molar refractivity (Wildman–Crippen MR) is 87.1 cm³/mol.